The van der Waals surface area contributed by atoms with Crippen LogP contribution < -0.4 is 0 Å². The SMILES string of the molecule is CCCCC(CC)CO/C=C(\CCc1ccccc1)OCC. The van der Waals surface area contributed by atoms with Crippen LogP contribution >= 0.6 is 0 Å². The number of hydrogen-bond donors (Lipinski definition) is 0. The molecule has 1 aromatic rings. The molecule has 0 aliphatic heterocycles. The van der Waals surface area contributed by atoms with Gasteiger partial charge in [-0.1, -0.05) is 63.4 Å². The zero-order valence-corrected chi connectivity index (χ0v) is 14.5. The third-order valence-electron chi connectivity index (χ3n) is 3.92. The van der Waals surface area contributed by atoms with Crippen molar-refractivity contribution in [3.05, 3.63) is 47.9 Å². The summed E-state index contributed by atoms with van der Waals surface area (Å²) in [5, 5.41) is 0. The van der Waals surface area contributed by atoms with Crippen LogP contribution in [-0.2, 0) is 15.9 Å². The Bertz CT molecular complexity index is 397. The first-order valence-electron chi connectivity index (χ1n) is 8.77. The number of allylic oxidation sites excluding steroid dienone is 1. The van der Waals surface area contributed by atoms with Crippen molar-refractivity contribution in [3.63, 3.8) is 0 Å². The maximum Gasteiger partial charge on any atom is 0.131 e. The highest BCUT2D eigenvalue weighted by Gasteiger charge is 2.06. The second-order valence-electron chi connectivity index (χ2n) is 5.75. The first kappa shape index (κ1) is 18.6. The predicted molar refractivity (Wildman–Crippen MR) is 93.7 cm³/mol. The van der Waals surface area contributed by atoms with Crippen LogP contribution in [0.25, 0.3) is 0 Å². The average Bonchev–Trinajstić information content (AvgIpc) is 2.56. The third kappa shape index (κ3) is 8.11. The highest BCUT2D eigenvalue weighted by atomic mass is 16.5. The lowest BCUT2D eigenvalue weighted by atomic mass is 10.0. The summed E-state index contributed by atoms with van der Waals surface area (Å²) in [6.07, 6.45) is 8.70. The predicted octanol–water partition coefficient (Wildman–Crippen LogP) is 5.73. The zero-order valence-electron chi connectivity index (χ0n) is 14.5. The van der Waals surface area contributed by atoms with E-state index in [0.29, 0.717) is 12.5 Å². The number of benzene rings is 1. The molecule has 0 aromatic heterocycles. The van der Waals surface area contributed by atoms with E-state index in [2.05, 4.69) is 38.1 Å². The molecular formula is C20H32O2. The van der Waals surface area contributed by atoms with Gasteiger partial charge in [-0.15, -0.1) is 0 Å². The van der Waals surface area contributed by atoms with Gasteiger partial charge in [0.2, 0.25) is 0 Å². The van der Waals surface area contributed by atoms with E-state index in [9.17, 15) is 0 Å². The fraction of sp³-hybridized carbons (Fsp3) is 0.600. The Morgan fingerprint density at radius 3 is 2.55 bits per heavy atom. The number of rotatable bonds is 12. The highest BCUT2D eigenvalue weighted by molar-refractivity contribution is 5.15. The normalized spacial score (nSPS) is 13.0. The van der Waals surface area contributed by atoms with Crippen LogP contribution in [0.3, 0.4) is 0 Å². The minimum Gasteiger partial charge on any atom is -0.497 e. The smallest absolute Gasteiger partial charge is 0.131 e. The Balaban J connectivity index is 2.40. The third-order valence-corrected chi connectivity index (χ3v) is 3.92. The molecule has 2 heteroatoms. The first-order chi connectivity index (χ1) is 10.8. The zero-order chi connectivity index (χ0) is 16.0. The second-order valence-corrected chi connectivity index (χ2v) is 5.75. The molecule has 0 radical (unpaired) electrons. The molecule has 1 unspecified atom stereocenters. The molecule has 124 valence electrons. The Kier molecular flexibility index (Phi) is 10.3. The Labute approximate surface area is 136 Å². The molecule has 0 amide bonds. The summed E-state index contributed by atoms with van der Waals surface area (Å²) in [6.45, 7) is 8.00. The van der Waals surface area contributed by atoms with Gasteiger partial charge in [-0.2, -0.15) is 0 Å². The molecule has 0 N–H and O–H groups in total. The summed E-state index contributed by atoms with van der Waals surface area (Å²) in [6, 6.07) is 10.5. The van der Waals surface area contributed by atoms with E-state index in [1.807, 2.05) is 19.3 Å². The van der Waals surface area contributed by atoms with Gasteiger partial charge in [0.15, 0.2) is 0 Å². The molecule has 0 fully saturated rings. The highest BCUT2D eigenvalue weighted by Crippen LogP contribution is 2.15. The van der Waals surface area contributed by atoms with Crippen molar-refractivity contribution >= 4 is 0 Å². The van der Waals surface area contributed by atoms with Gasteiger partial charge < -0.3 is 9.47 Å². The fourth-order valence-electron chi connectivity index (χ4n) is 2.44. The summed E-state index contributed by atoms with van der Waals surface area (Å²) in [5.74, 6) is 1.62. The summed E-state index contributed by atoms with van der Waals surface area (Å²) in [7, 11) is 0. The lowest BCUT2D eigenvalue weighted by molar-refractivity contribution is 0.150. The van der Waals surface area contributed by atoms with Gasteiger partial charge >= 0.3 is 0 Å². The minimum absolute atomic E-state index is 0.660. The molecule has 22 heavy (non-hydrogen) atoms. The summed E-state index contributed by atoms with van der Waals surface area (Å²) < 4.78 is 11.5. The molecule has 0 saturated heterocycles. The molecule has 0 bridgehead atoms. The molecule has 1 aromatic carbocycles. The van der Waals surface area contributed by atoms with E-state index < -0.39 is 0 Å². The van der Waals surface area contributed by atoms with Crippen LogP contribution in [0.4, 0.5) is 0 Å². The lowest BCUT2D eigenvalue weighted by Crippen LogP contribution is -2.07. The average molecular weight is 304 g/mol. The summed E-state index contributed by atoms with van der Waals surface area (Å²) >= 11 is 0. The molecule has 0 spiro atoms. The fourth-order valence-corrected chi connectivity index (χ4v) is 2.44. The van der Waals surface area contributed by atoms with Crippen LogP contribution in [-0.4, -0.2) is 13.2 Å². The van der Waals surface area contributed by atoms with Crippen molar-refractivity contribution in [2.45, 2.75) is 59.3 Å². The van der Waals surface area contributed by atoms with Crippen molar-refractivity contribution in [2.75, 3.05) is 13.2 Å². The van der Waals surface area contributed by atoms with Crippen LogP contribution in [0.1, 0.15) is 58.4 Å². The minimum atomic E-state index is 0.660. The van der Waals surface area contributed by atoms with Crippen molar-refractivity contribution in [2.24, 2.45) is 5.92 Å². The standard InChI is InChI=1S/C20H32O2/c1-4-7-11-18(5-2)16-21-17-20(22-6-3)15-14-19-12-9-8-10-13-19/h8-10,12-13,17-18H,4-7,11,14-16H2,1-3H3/b20-17+. The lowest BCUT2D eigenvalue weighted by Gasteiger charge is -2.15. The van der Waals surface area contributed by atoms with Crippen molar-refractivity contribution in [3.8, 4) is 0 Å². The van der Waals surface area contributed by atoms with Crippen LogP contribution in [0, 0.1) is 5.92 Å². The summed E-state index contributed by atoms with van der Waals surface area (Å²) in [4.78, 5) is 0. The molecule has 0 saturated carbocycles. The van der Waals surface area contributed by atoms with E-state index in [1.54, 1.807) is 0 Å². The van der Waals surface area contributed by atoms with E-state index in [4.69, 9.17) is 9.47 Å². The van der Waals surface area contributed by atoms with Gasteiger partial charge in [-0.25, -0.2) is 0 Å². The number of unbranched alkanes of at least 4 members (excludes halogenated alkanes) is 1. The molecule has 1 atom stereocenters. The van der Waals surface area contributed by atoms with Gasteiger partial charge in [0.1, 0.15) is 12.0 Å². The van der Waals surface area contributed by atoms with Gasteiger partial charge in [-0.05, 0) is 31.2 Å². The number of hydrogen-bond acceptors (Lipinski definition) is 2. The Hall–Kier alpha value is -1.44. The monoisotopic (exact) mass is 304 g/mol. The van der Waals surface area contributed by atoms with Gasteiger partial charge in [0.25, 0.3) is 0 Å². The van der Waals surface area contributed by atoms with Crippen LogP contribution in [0.15, 0.2) is 42.4 Å². The number of aryl methyl sites for hydroxylation is 1. The van der Waals surface area contributed by atoms with Crippen molar-refractivity contribution < 1.29 is 9.47 Å². The van der Waals surface area contributed by atoms with Gasteiger partial charge in [0.05, 0.1) is 13.2 Å². The topological polar surface area (TPSA) is 18.5 Å². The second kappa shape index (κ2) is 12.1. The molecular weight excluding hydrogens is 272 g/mol. The van der Waals surface area contributed by atoms with E-state index in [1.165, 1.54) is 31.2 Å². The summed E-state index contributed by atoms with van der Waals surface area (Å²) in [5.41, 5.74) is 1.34. The van der Waals surface area contributed by atoms with Gasteiger partial charge in [0, 0.05) is 6.42 Å². The quantitative estimate of drug-likeness (QED) is 0.459. The maximum absolute atomic E-state index is 5.80. The van der Waals surface area contributed by atoms with Crippen LogP contribution in [0.2, 0.25) is 0 Å². The molecule has 0 aliphatic rings. The maximum atomic E-state index is 5.80. The molecule has 0 heterocycles. The molecule has 2 nitrogen and oxygen atoms in total. The van der Waals surface area contributed by atoms with Crippen molar-refractivity contribution in [1.82, 2.24) is 0 Å². The first-order valence-corrected chi connectivity index (χ1v) is 8.77. The Morgan fingerprint density at radius 2 is 1.91 bits per heavy atom. The molecule has 0 aliphatic carbocycles. The molecule has 1 rings (SSSR count). The van der Waals surface area contributed by atoms with E-state index in [0.717, 1.165) is 25.2 Å². The van der Waals surface area contributed by atoms with E-state index in [-0.39, 0.29) is 0 Å². The number of ether oxygens (including phenoxy) is 2. The van der Waals surface area contributed by atoms with Crippen molar-refractivity contribution in [1.29, 1.82) is 0 Å². The Morgan fingerprint density at radius 1 is 1.14 bits per heavy atom. The largest absolute Gasteiger partial charge is 0.497 e. The van der Waals surface area contributed by atoms with E-state index >= 15 is 0 Å². The van der Waals surface area contributed by atoms with Crippen LogP contribution in [0.5, 0.6) is 0 Å². The van der Waals surface area contributed by atoms with Gasteiger partial charge in [-0.3, -0.25) is 0 Å².